The van der Waals surface area contributed by atoms with Gasteiger partial charge >= 0.3 is 0 Å². The molecule has 1 rings (SSSR count). The van der Waals surface area contributed by atoms with Crippen LogP contribution in [0.5, 0.6) is 0 Å². The molecule has 2 nitrogen and oxygen atoms in total. The molecule has 0 radical (unpaired) electrons. The van der Waals surface area contributed by atoms with E-state index in [1.54, 1.807) is 0 Å². The first-order chi connectivity index (χ1) is 5.22. The van der Waals surface area contributed by atoms with Crippen LogP contribution in [0.4, 0.5) is 0 Å². The third-order valence-electron chi connectivity index (χ3n) is 2.40. The Bertz CT molecular complexity index is 112. The average Bonchev–Trinajstić information content (AvgIpc) is 2.34. The third kappa shape index (κ3) is 2.80. The van der Waals surface area contributed by atoms with E-state index in [1.165, 1.54) is 19.4 Å². The molecule has 0 aromatic rings. The summed E-state index contributed by atoms with van der Waals surface area (Å²) in [6.07, 6.45) is 2.64. The zero-order chi connectivity index (χ0) is 8.27. The molecule has 0 amide bonds. The SMILES string of the molecule is CC(C)C[C@H]1CN[C@H](CN)C1. The van der Waals surface area contributed by atoms with Gasteiger partial charge in [-0.1, -0.05) is 13.8 Å². The predicted molar refractivity (Wildman–Crippen MR) is 48.4 cm³/mol. The summed E-state index contributed by atoms with van der Waals surface area (Å²) < 4.78 is 0. The van der Waals surface area contributed by atoms with Gasteiger partial charge in [0.2, 0.25) is 0 Å². The number of hydrogen-bond donors (Lipinski definition) is 2. The van der Waals surface area contributed by atoms with Crippen LogP contribution >= 0.6 is 0 Å². The van der Waals surface area contributed by atoms with Crippen molar-refractivity contribution in [3.8, 4) is 0 Å². The van der Waals surface area contributed by atoms with Gasteiger partial charge in [0.05, 0.1) is 0 Å². The van der Waals surface area contributed by atoms with Gasteiger partial charge in [-0.3, -0.25) is 0 Å². The van der Waals surface area contributed by atoms with Crippen LogP contribution in [0.15, 0.2) is 0 Å². The molecule has 66 valence electrons. The summed E-state index contributed by atoms with van der Waals surface area (Å²) in [5.74, 6) is 1.71. The molecule has 1 fully saturated rings. The fourth-order valence-corrected chi connectivity index (χ4v) is 1.93. The van der Waals surface area contributed by atoms with E-state index in [2.05, 4.69) is 19.2 Å². The van der Waals surface area contributed by atoms with Crippen LogP contribution in [0.25, 0.3) is 0 Å². The van der Waals surface area contributed by atoms with E-state index in [4.69, 9.17) is 5.73 Å². The van der Waals surface area contributed by atoms with Gasteiger partial charge < -0.3 is 11.1 Å². The lowest BCUT2D eigenvalue weighted by atomic mass is 9.95. The largest absolute Gasteiger partial charge is 0.329 e. The molecule has 11 heavy (non-hydrogen) atoms. The van der Waals surface area contributed by atoms with Crippen molar-refractivity contribution in [2.24, 2.45) is 17.6 Å². The molecule has 1 aliphatic rings. The zero-order valence-electron chi connectivity index (χ0n) is 7.64. The first kappa shape index (κ1) is 9.01. The highest BCUT2D eigenvalue weighted by molar-refractivity contribution is 4.82. The van der Waals surface area contributed by atoms with E-state index in [0.717, 1.165) is 18.4 Å². The normalized spacial score (nSPS) is 31.6. The molecule has 1 heterocycles. The molecule has 1 saturated heterocycles. The van der Waals surface area contributed by atoms with Crippen LogP contribution in [0.3, 0.4) is 0 Å². The van der Waals surface area contributed by atoms with Crippen LogP contribution in [-0.4, -0.2) is 19.1 Å². The maximum atomic E-state index is 5.56. The van der Waals surface area contributed by atoms with E-state index in [9.17, 15) is 0 Å². The van der Waals surface area contributed by atoms with Gasteiger partial charge in [-0.25, -0.2) is 0 Å². The topological polar surface area (TPSA) is 38.0 Å². The average molecular weight is 156 g/mol. The van der Waals surface area contributed by atoms with E-state index >= 15 is 0 Å². The molecular formula is C9H20N2. The molecule has 0 aromatic carbocycles. The summed E-state index contributed by atoms with van der Waals surface area (Å²) in [6, 6.07) is 0.596. The van der Waals surface area contributed by atoms with Crippen LogP contribution in [0.2, 0.25) is 0 Å². The van der Waals surface area contributed by atoms with Gasteiger partial charge in [-0.05, 0) is 31.2 Å². The van der Waals surface area contributed by atoms with Crippen molar-refractivity contribution in [2.45, 2.75) is 32.7 Å². The van der Waals surface area contributed by atoms with E-state index in [1.807, 2.05) is 0 Å². The van der Waals surface area contributed by atoms with Crippen LogP contribution in [0, 0.1) is 11.8 Å². The Kier molecular flexibility index (Phi) is 3.34. The summed E-state index contributed by atoms with van der Waals surface area (Å²) in [5.41, 5.74) is 5.56. The molecule has 0 bridgehead atoms. The minimum atomic E-state index is 0.596. The highest BCUT2D eigenvalue weighted by atomic mass is 15.0. The Hall–Kier alpha value is -0.0800. The van der Waals surface area contributed by atoms with Gasteiger partial charge in [0.15, 0.2) is 0 Å². The lowest BCUT2D eigenvalue weighted by Crippen LogP contribution is -2.29. The fourth-order valence-electron chi connectivity index (χ4n) is 1.93. The molecule has 2 atom stereocenters. The third-order valence-corrected chi connectivity index (χ3v) is 2.40. The first-order valence-electron chi connectivity index (χ1n) is 4.65. The molecule has 0 aliphatic carbocycles. The summed E-state index contributed by atoms with van der Waals surface area (Å²) >= 11 is 0. The molecule has 0 unspecified atom stereocenters. The highest BCUT2D eigenvalue weighted by Gasteiger charge is 2.22. The van der Waals surface area contributed by atoms with Crippen LogP contribution in [-0.2, 0) is 0 Å². The quantitative estimate of drug-likeness (QED) is 0.639. The maximum absolute atomic E-state index is 5.56. The first-order valence-corrected chi connectivity index (χ1v) is 4.65. The van der Waals surface area contributed by atoms with Crippen molar-refractivity contribution < 1.29 is 0 Å². The maximum Gasteiger partial charge on any atom is 0.0193 e. The Morgan fingerprint density at radius 3 is 2.73 bits per heavy atom. The fraction of sp³-hybridized carbons (Fsp3) is 1.00. The van der Waals surface area contributed by atoms with E-state index in [-0.39, 0.29) is 0 Å². The van der Waals surface area contributed by atoms with Gasteiger partial charge in [0.1, 0.15) is 0 Å². The van der Waals surface area contributed by atoms with Crippen molar-refractivity contribution in [2.75, 3.05) is 13.1 Å². The minimum absolute atomic E-state index is 0.596. The van der Waals surface area contributed by atoms with Gasteiger partial charge in [-0.2, -0.15) is 0 Å². The Morgan fingerprint density at radius 2 is 2.27 bits per heavy atom. The number of rotatable bonds is 3. The van der Waals surface area contributed by atoms with Crippen LogP contribution < -0.4 is 11.1 Å². The number of hydrogen-bond acceptors (Lipinski definition) is 2. The Morgan fingerprint density at radius 1 is 1.55 bits per heavy atom. The number of nitrogens with two attached hydrogens (primary N) is 1. The molecular weight excluding hydrogens is 136 g/mol. The van der Waals surface area contributed by atoms with Crippen LogP contribution in [0.1, 0.15) is 26.7 Å². The van der Waals surface area contributed by atoms with Crippen molar-refractivity contribution in [3.63, 3.8) is 0 Å². The van der Waals surface area contributed by atoms with Crippen molar-refractivity contribution >= 4 is 0 Å². The predicted octanol–water partition coefficient (Wildman–Crippen LogP) is 0.969. The molecule has 2 heteroatoms. The number of nitrogens with one attached hydrogen (secondary N) is 1. The lowest BCUT2D eigenvalue weighted by molar-refractivity contribution is 0.431. The van der Waals surface area contributed by atoms with Crippen molar-refractivity contribution in [1.29, 1.82) is 0 Å². The summed E-state index contributed by atoms with van der Waals surface area (Å²) in [7, 11) is 0. The van der Waals surface area contributed by atoms with Crippen molar-refractivity contribution in [1.82, 2.24) is 5.32 Å². The second-order valence-corrected chi connectivity index (χ2v) is 4.07. The van der Waals surface area contributed by atoms with Crippen molar-refractivity contribution in [3.05, 3.63) is 0 Å². The Labute approximate surface area is 69.5 Å². The second kappa shape index (κ2) is 4.07. The Balaban J connectivity index is 2.19. The summed E-state index contributed by atoms with van der Waals surface area (Å²) in [6.45, 7) is 6.56. The lowest BCUT2D eigenvalue weighted by Gasteiger charge is -2.10. The van der Waals surface area contributed by atoms with Gasteiger partial charge in [-0.15, -0.1) is 0 Å². The molecule has 0 aromatic heterocycles. The van der Waals surface area contributed by atoms with Gasteiger partial charge in [0.25, 0.3) is 0 Å². The molecule has 1 aliphatic heterocycles. The zero-order valence-corrected chi connectivity index (χ0v) is 7.64. The molecule has 0 saturated carbocycles. The monoisotopic (exact) mass is 156 g/mol. The van der Waals surface area contributed by atoms with E-state index < -0.39 is 0 Å². The molecule has 0 spiro atoms. The standard InChI is InChI=1S/C9H20N2/c1-7(2)3-8-4-9(5-10)11-6-8/h7-9,11H,3-6,10H2,1-2H3/t8-,9+/m1/s1. The van der Waals surface area contributed by atoms with Gasteiger partial charge in [0, 0.05) is 12.6 Å². The molecule has 3 N–H and O–H groups in total. The minimum Gasteiger partial charge on any atom is -0.329 e. The summed E-state index contributed by atoms with van der Waals surface area (Å²) in [4.78, 5) is 0. The smallest absolute Gasteiger partial charge is 0.0193 e. The second-order valence-electron chi connectivity index (χ2n) is 4.07. The highest BCUT2D eigenvalue weighted by Crippen LogP contribution is 2.20. The van der Waals surface area contributed by atoms with E-state index in [0.29, 0.717) is 6.04 Å². The summed E-state index contributed by atoms with van der Waals surface area (Å²) in [5, 5.41) is 3.44.